The third-order valence-corrected chi connectivity index (χ3v) is 4.52. The molecule has 2 rings (SSSR count). The predicted octanol–water partition coefficient (Wildman–Crippen LogP) is 4.42. The minimum Gasteiger partial charge on any atom is -0.308 e. The largest absolute Gasteiger partial charge is 0.308 e. The van der Waals surface area contributed by atoms with E-state index < -0.39 is 0 Å². The molecule has 0 saturated heterocycles. The normalized spacial score (nSPS) is 10.8. The Morgan fingerprint density at radius 2 is 1.94 bits per heavy atom. The molecule has 3 heteroatoms. The van der Waals surface area contributed by atoms with E-state index in [0.29, 0.717) is 0 Å². The van der Waals surface area contributed by atoms with Gasteiger partial charge in [0.05, 0.1) is 0 Å². The third kappa shape index (κ3) is 3.66. The molecule has 0 aliphatic carbocycles. The summed E-state index contributed by atoms with van der Waals surface area (Å²) in [6, 6.07) is 10.9. The van der Waals surface area contributed by atoms with E-state index in [1.165, 1.54) is 25.4 Å². The average Bonchev–Trinajstić information content (AvgIpc) is 2.70. The molecule has 0 aliphatic heterocycles. The SMILES string of the molecule is Cc1ccc(CNCc2ccc(C)c(Br)c2)s1. The zero-order chi connectivity index (χ0) is 12.3. The summed E-state index contributed by atoms with van der Waals surface area (Å²) in [6.07, 6.45) is 0. The Morgan fingerprint density at radius 1 is 1.12 bits per heavy atom. The van der Waals surface area contributed by atoms with Crippen LogP contribution in [0.25, 0.3) is 0 Å². The summed E-state index contributed by atoms with van der Waals surface area (Å²) in [6.45, 7) is 6.11. The maximum absolute atomic E-state index is 3.56. The van der Waals surface area contributed by atoms with E-state index in [1.807, 2.05) is 11.3 Å². The highest BCUT2D eigenvalue weighted by atomic mass is 79.9. The van der Waals surface area contributed by atoms with Gasteiger partial charge in [-0.25, -0.2) is 0 Å². The molecule has 1 heterocycles. The maximum Gasteiger partial charge on any atom is 0.0303 e. The summed E-state index contributed by atoms with van der Waals surface area (Å²) in [5, 5.41) is 3.47. The number of aryl methyl sites for hydroxylation is 2. The number of thiophene rings is 1. The number of hydrogen-bond acceptors (Lipinski definition) is 2. The van der Waals surface area contributed by atoms with E-state index in [0.717, 1.165) is 13.1 Å². The van der Waals surface area contributed by atoms with Gasteiger partial charge in [0.2, 0.25) is 0 Å². The molecule has 1 N–H and O–H groups in total. The minimum absolute atomic E-state index is 0.913. The molecule has 1 nitrogen and oxygen atoms in total. The quantitative estimate of drug-likeness (QED) is 0.881. The predicted molar refractivity (Wildman–Crippen MR) is 78.5 cm³/mol. The topological polar surface area (TPSA) is 12.0 Å². The van der Waals surface area contributed by atoms with Crippen molar-refractivity contribution < 1.29 is 0 Å². The van der Waals surface area contributed by atoms with E-state index in [2.05, 4.69) is 65.4 Å². The Balaban J connectivity index is 1.87. The Bertz CT molecular complexity index is 505. The maximum atomic E-state index is 3.56. The molecule has 17 heavy (non-hydrogen) atoms. The van der Waals surface area contributed by atoms with Crippen LogP contribution < -0.4 is 5.32 Å². The lowest BCUT2D eigenvalue weighted by Gasteiger charge is -2.05. The van der Waals surface area contributed by atoms with Crippen molar-refractivity contribution in [3.8, 4) is 0 Å². The van der Waals surface area contributed by atoms with Crippen molar-refractivity contribution in [2.75, 3.05) is 0 Å². The van der Waals surface area contributed by atoms with Crippen LogP contribution in [0.5, 0.6) is 0 Å². The summed E-state index contributed by atoms with van der Waals surface area (Å²) in [5.74, 6) is 0. The number of benzene rings is 1. The molecule has 0 spiro atoms. The van der Waals surface area contributed by atoms with Gasteiger partial charge in [0.25, 0.3) is 0 Å². The van der Waals surface area contributed by atoms with E-state index in [9.17, 15) is 0 Å². The monoisotopic (exact) mass is 309 g/mol. The summed E-state index contributed by atoms with van der Waals surface area (Å²) < 4.78 is 1.18. The van der Waals surface area contributed by atoms with Gasteiger partial charge in [-0.05, 0) is 43.2 Å². The number of rotatable bonds is 4. The number of nitrogens with one attached hydrogen (secondary N) is 1. The van der Waals surface area contributed by atoms with Gasteiger partial charge in [-0.15, -0.1) is 11.3 Å². The van der Waals surface area contributed by atoms with Crippen molar-refractivity contribution >= 4 is 27.3 Å². The highest BCUT2D eigenvalue weighted by Crippen LogP contribution is 2.18. The Labute approximate surface area is 115 Å². The van der Waals surface area contributed by atoms with Gasteiger partial charge in [0, 0.05) is 27.3 Å². The molecule has 0 saturated carbocycles. The highest BCUT2D eigenvalue weighted by Gasteiger charge is 1.99. The van der Waals surface area contributed by atoms with E-state index >= 15 is 0 Å². The second-order valence-electron chi connectivity index (χ2n) is 4.20. The van der Waals surface area contributed by atoms with E-state index in [4.69, 9.17) is 0 Å². The van der Waals surface area contributed by atoms with Crippen molar-refractivity contribution in [2.24, 2.45) is 0 Å². The summed E-state index contributed by atoms with van der Waals surface area (Å²) in [5.41, 5.74) is 2.60. The van der Waals surface area contributed by atoms with E-state index in [-0.39, 0.29) is 0 Å². The fourth-order valence-corrected chi connectivity index (χ4v) is 2.94. The number of hydrogen-bond donors (Lipinski definition) is 1. The first-order valence-corrected chi connectivity index (χ1v) is 7.27. The van der Waals surface area contributed by atoms with Gasteiger partial charge >= 0.3 is 0 Å². The molecule has 1 aromatic heterocycles. The zero-order valence-corrected chi connectivity index (χ0v) is 12.5. The van der Waals surface area contributed by atoms with Crippen LogP contribution in [0.15, 0.2) is 34.8 Å². The van der Waals surface area contributed by atoms with Crippen LogP contribution in [-0.2, 0) is 13.1 Å². The molecule has 0 aliphatic rings. The van der Waals surface area contributed by atoms with Crippen LogP contribution in [0.3, 0.4) is 0 Å². The van der Waals surface area contributed by atoms with Crippen LogP contribution in [0.1, 0.15) is 20.9 Å². The molecule has 0 atom stereocenters. The minimum atomic E-state index is 0.913. The lowest BCUT2D eigenvalue weighted by molar-refractivity contribution is 0.700. The Kier molecular flexibility index (Phi) is 4.37. The molecule has 0 amide bonds. The molecule has 0 radical (unpaired) electrons. The molecule has 90 valence electrons. The lowest BCUT2D eigenvalue weighted by Crippen LogP contribution is -2.11. The van der Waals surface area contributed by atoms with Crippen molar-refractivity contribution in [2.45, 2.75) is 26.9 Å². The molecular weight excluding hydrogens is 294 g/mol. The van der Waals surface area contributed by atoms with Gasteiger partial charge in [-0.2, -0.15) is 0 Å². The molecule has 0 unspecified atom stereocenters. The van der Waals surface area contributed by atoms with Gasteiger partial charge in [0.1, 0.15) is 0 Å². The summed E-state index contributed by atoms with van der Waals surface area (Å²) in [7, 11) is 0. The fraction of sp³-hybridized carbons (Fsp3) is 0.286. The molecule has 1 aromatic carbocycles. The van der Waals surface area contributed by atoms with Crippen LogP contribution in [-0.4, -0.2) is 0 Å². The van der Waals surface area contributed by atoms with Crippen LogP contribution in [0.2, 0.25) is 0 Å². The first-order chi connectivity index (χ1) is 8.15. The fourth-order valence-electron chi connectivity index (χ4n) is 1.66. The highest BCUT2D eigenvalue weighted by molar-refractivity contribution is 9.10. The first kappa shape index (κ1) is 12.8. The van der Waals surface area contributed by atoms with Crippen molar-refractivity contribution in [1.82, 2.24) is 5.32 Å². The van der Waals surface area contributed by atoms with Gasteiger partial charge in [-0.1, -0.05) is 28.1 Å². The Hall–Kier alpha value is -0.640. The van der Waals surface area contributed by atoms with Crippen molar-refractivity contribution in [3.63, 3.8) is 0 Å². The zero-order valence-electron chi connectivity index (χ0n) is 10.1. The van der Waals surface area contributed by atoms with Gasteiger partial charge in [-0.3, -0.25) is 0 Å². The second-order valence-corrected chi connectivity index (χ2v) is 6.43. The molecule has 0 bridgehead atoms. The van der Waals surface area contributed by atoms with Crippen LogP contribution in [0, 0.1) is 13.8 Å². The van der Waals surface area contributed by atoms with Crippen LogP contribution in [0.4, 0.5) is 0 Å². The van der Waals surface area contributed by atoms with Gasteiger partial charge < -0.3 is 5.32 Å². The summed E-state index contributed by atoms with van der Waals surface area (Å²) in [4.78, 5) is 2.77. The Morgan fingerprint density at radius 3 is 2.59 bits per heavy atom. The standard InChI is InChI=1S/C14H16BrNS/c1-10-3-5-12(7-14(10)15)8-16-9-13-6-4-11(2)17-13/h3-7,16H,8-9H2,1-2H3. The number of halogens is 1. The molecule has 2 aromatic rings. The lowest BCUT2D eigenvalue weighted by atomic mass is 10.1. The summed E-state index contributed by atoms with van der Waals surface area (Å²) >= 11 is 5.42. The van der Waals surface area contributed by atoms with Gasteiger partial charge in [0.15, 0.2) is 0 Å². The first-order valence-electron chi connectivity index (χ1n) is 5.66. The molecular formula is C14H16BrNS. The second kappa shape index (κ2) is 5.80. The smallest absolute Gasteiger partial charge is 0.0303 e. The van der Waals surface area contributed by atoms with Crippen LogP contribution >= 0.6 is 27.3 Å². The third-order valence-electron chi connectivity index (χ3n) is 2.66. The van der Waals surface area contributed by atoms with E-state index in [1.54, 1.807) is 0 Å². The van der Waals surface area contributed by atoms with Crippen molar-refractivity contribution in [1.29, 1.82) is 0 Å². The molecule has 0 fully saturated rings. The van der Waals surface area contributed by atoms with Crippen molar-refractivity contribution in [3.05, 3.63) is 55.7 Å². The average molecular weight is 310 g/mol.